The van der Waals surface area contributed by atoms with Crippen LogP contribution in [0.3, 0.4) is 0 Å². The number of carboxylic acids is 1. The SMILES string of the molecule is CCCCCCCCCCCCSCCC(=O)[O-].[Li+]. The third kappa shape index (κ3) is 20.9. The quantitative estimate of drug-likeness (QED) is 0.349. The van der Waals surface area contributed by atoms with Crippen molar-refractivity contribution in [3.8, 4) is 0 Å². The van der Waals surface area contributed by atoms with Crippen LogP contribution in [0.25, 0.3) is 0 Å². The van der Waals surface area contributed by atoms with Crippen LogP contribution in [0.4, 0.5) is 0 Å². The summed E-state index contributed by atoms with van der Waals surface area (Å²) in [5.74, 6) is 0.884. The Kier molecular flexibility index (Phi) is 21.0. The minimum Gasteiger partial charge on any atom is -0.550 e. The molecular weight excluding hydrogens is 251 g/mol. The van der Waals surface area contributed by atoms with E-state index in [1.54, 1.807) is 11.8 Å². The number of carbonyl (C=O) groups is 1. The Morgan fingerprint density at radius 2 is 1.32 bits per heavy atom. The number of carboxylic acid groups (broad SMARTS) is 1. The minimum atomic E-state index is -0.925. The molecule has 0 aromatic rings. The third-order valence-electron chi connectivity index (χ3n) is 3.09. The van der Waals surface area contributed by atoms with Crippen LogP contribution in [0, 0.1) is 0 Å². The molecule has 0 rings (SSSR count). The number of hydrogen-bond donors (Lipinski definition) is 0. The summed E-state index contributed by atoms with van der Waals surface area (Å²) in [6.45, 7) is 2.25. The third-order valence-corrected chi connectivity index (χ3v) is 4.16. The molecule has 0 unspecified atom stereocenters. The molecule has 0 amide bonds. The van der Waals surface area contributed by atoms with Crippen molar-refractivity contribution in [2.45, 2.75) is 77.6 Å². The molecular formula is C15H29LiO2S. The van der Waals surface area contributed by atoms with Crippen LogP contribution in [0.5, 0.6) is 0 Å². The maximum Gasteiger partial charge on any atom is 1.00 e. The zero-order valence-electron chi connectivity index (χ0n) is 12.9. The van der Waals surface area contributed by atoms with E-state index in [0.29, 0.717) is 5.75 Å². The van der Waals surface area contributed by atoms with Crippen molar-refractivity contribution in [1.82, 2.24) is 0 Å². The number of rotatable bonds is 14. The van der Waals surface area contributed by atoms with Gasteiger partial charge in [-0.25, -0.2) is 0 Å². The van der Waals surface area contributed by atoms with E-state index in [-0.39, 0.29) is 25.3 Å². The monoisotopic (exact) mass is 280 g/mol. The zero-order chi connectivity index (χ0) is 13.5. The van der Waals surface area contributed by atoms with E-state index in [9.17, 15) is 9.90 Å². The van der Waals surface area contributed by atoms with Crippen molar-refractivity contribution < 1.29 is 28.8 Å². The first-order valence-electron chi connectivity index (χ1n) is 7.55. The summed E-state index contributed by atoms with van der Waals surface area (Å²) < 4.78 is 0. The van der Waals surface area contributed by atoms with Gasteiger partial charge in [0.05, 0.1) is 0 Å². The fourth-order valence-electron chi connectivity index (χ4n) is 1.95. The van der Waals surface area contributed by atoms with Gasteiger partial charge in [-0.1, -0.05) is 64.7 Å². The number of unbranched alkanes of at least 4 members (excludes halogenated alkanes) is 9. The number of carbonyl (C=O) groups excluding carboxylic acids is 1. The van der Waals surface area contributed by atoms with Gasteiger partial charge in [0, 0.05) is 5.97 Å². The van der Waals surface area contributed by atoms with Gasteiger partial charge in [0.25, 0.3) is 0 Å². The van der Waals surface area contributed by atoms with Gasteiger partial charge in [0.1, 0.15) is 0 Å². The molecule has 0 aliphatic carbocycles. The van der Waals surface area contributed by atoms with Crippen molar-refractivity contribution in [3.63, 3.8) is 0 Å². The van der Waals surface area contributed by atoms with Crippen molar-refractivity contribution >= 4 is 17.7 Å². The number of thioether (sulfide) groups is 1. The van der Waals surface area contributed by atoms with Gasteiger partial charge in [-0.15, -0.1) is 0 Å². The molecule has 0 atom stereocenters. The molecule has 0 aromatic heterocycles. The second-order valence-electron chi connectivity index (χ2n) is 4.92. The molecule has 0 aliphatic rings. The topological polar surface area (TPSA) is 40.1 Å². The van der Waals surface area contributed by atoms with Gasteiger partial charge >= 0.3 is 18.9 Å². The molecule has 0 saturated heterocycles. The smallest absolute Gasteiger partial charge is 0.550 e. The van der Waals surface area contributed by atoms with Gasteiger partial charge in [-0.05, 0) is 24.3 Å². The maximum atomic E-state index is 10.2. The van der Waals surface area contributed by atoms with Gasteiger partial charge < -0.3 is 9.90 Å². The predicted molar refractivity (Wildman–Crippen MR) is 78.8 cm³/mol. The van der Waals surface area contributed by atoms with Crippen LogP contribution in [-0.4, -0.2) is 17.5 Å². The van der Waals surface area contributed by atoms with Crippen LogP contribution in [0.1, 0.15) is 77.6 Å². The Bertz CT molecular complexity index is 189. The Balaban J connectivity index is 0. The second kappa shape index (κ2) is 18.4. The first-order valence-corrected chi connectivity index (χ1v) is 8.70. The normalized spacial score (nSPS) is 10.2. The molecule has 0 saturated carbocycles. The summed E-state index contributed by atoms with van der Waals surface area (Å²) in [7, 11) is 0. The minimum absolute atomic E-state index is 0. The van der Waals surface area contributed by atoms with Crippen LogP contribution in [-0.2, 0) is 4.79 Å². The average molecular weight is 280 g/mol. The molecule has 0 radical (unpaired) electrons. The van der Waals surface area contributed by atoms with Crippen molar-refractivity contribution in [2.75, 3.05) is 11.5 Å². The Labute approximate surface area is 135 Å². The summed E-state index contributed by atoms with van der Waals surface area (Å²) in [4.78, 5) is 10.2. The molecule has 0 N–H and O–H groups in total. The molecule has 0 fully saturated rings. The Morgan fingerprint density at radius 3 is 1.79 bits per heavy atom. The van der Waals surface area contributed by atoms with Crippen LogP contribution in [0.15, 0.2) is 0 Å². The first-order chi connectivity index (χ1) is 8.77. The number of aliphatic carboxylic acids is 1. The van der Waals surface area contributed by atoms with Crippen molar-refractivity contribution in [2.24, 2.45) is 0 Å². The fourth-order valence-corrected chi connectivity index (χ4v) is 2.87. The standard InChI is InChI=1S/C15H30O2S.Li/c1-2-3-4-5-6-7-8-9-10-11-13-18-14-12-15(16)17;/h2-14H2,1H3,(H,16,17);/q;+1/p-1. The molecule has 0 spiro atoms. The van der Waals surface area contributed by atoms with Crippen molar-refractivity contribution in [3.05, 3.63) is 0 Å². The molecule has 0 bridgehead atoms. The Morgan fingerprint density at radius 1 is 0.842 bits per heavy atom. The molecule has 0 aromatic carbocycles. The summed E-state index contributed by atoms with van der Waals surface area (Å²) in [5, 5.41) is 10.2. The van der Waals surface area contributed by atoms with Gasteiger partial charge in [0.2, 0.25) is 0 Å². The van der Waals surface area contributed by atoms with Crippen LogP contribution in [0.2, 0.25) is 0 Å². The zero-order valence-corrected chi connectivity index (χ0v) is 13.7. The molecule has 19 heavy (non-hydrogen) atoms. The van der Waals surface area contributed by atoms with E-state index in [1.807, 2.05) is 0 Å². The Hall–Kier alpha value is 0.417. The van der Waals surface area contributed by atoms with E-state index in [1.165, 1.54) is 64.2 Å². The molecule has 2 nitrogen and oxygen atoms in total. The van der Waals surface area contributed by atoms with Gasteiger partial charge in [0.15, 0.2) is 0 Å². The van der Waals surface area contributed by atoms with E-state index in [4.69, 9.17) is 0 Å². The van der Waals surface area contributed by atoms with E-state index in [2.05, 4.69) is 6.92 Å². The second-order valence-corrected chi connectivity index (χ2v) is 6.14. The molecule has 108 valence electrons. The van der Waals surface area contributed by atoms with Crippen LogP contribution >= 0.6 is 11.8 Å². The number of hydrogen-bond acceptors (Lipinski definition) is 3. The molecule has 4 heteroatoms. The molecule has 0 heterocycles. The molecule has 0 aliphatic heterocycles. The summed E-state index contributed by atoms with van der Waals surface area (Å²) in [5.41, 5.74) is 0. The first kappa shape index (κ1) is 21.7. The summed E-state index contributed by atoms with van der Waals surface area (Å²) in [6, 6.07) is 0. The maximum absolute atomic E-state index is 10.2. The van der Waals surface area contributed by atoms with Gasteiger partial charge in [-0.3, -0.25) is 0 Å². The summed E-state index contributed by atoms with van der Waals surface area (Å²) in [6.07, 6.45) is 13.8. The average Bonchev–Trinajstić information content (AvgIpc) is 2.34. The van der Waals surface area contributed by atoms with E-state index < -0.39 is 5.97 Å². The van der Waals surface area contributed by atoms with Crippen molar-refractivity contribution in [1.29, 1.82) is 0 Å². The van der Waals surface area contributed by atoms with Crippen LogP contribution < -0.4 is 24.0 Å². The van der Waals surface area contributed by atoms with E-state index >= 15 is 0 Å². The largest absolute Gasteiger partial charge is 1.00 e. The fraction of sp³-hybridized carbons (Fsp3) is 0.933. The van der Waals surface area contributed by atoms with Gasteiger partial charge in [-0.2, -0.15) is 11.8 Å². The summed E-state index contributed by atoms with van der Waals surface area (Å²) >= 11 is 1.74. The van der Waals surface area contributed by atoms with E-state index in [0.717, 1.165) is 5.75 Å². The predicted octanol–water partition coefficient (Wildman–Crippen LogP) is 0.785.